The van der Waals surface area contributed by atoms with Crippen LogP contribution in [0.4, 0.5) is 4.79 Å². The number of benzene rings is 2. The van der Waals surface area contributed by atoms with E-state index in [2.05, 4.69) is 21.2 Å². The average Bonchev–Trinajstić information content (AvgIpc) is 3.66. The molecule has 0 saturated heterocycles. The molecule has 1 amide bonds. The molecule has 1 N–H and O–H groups in total. The minimum absolute atomic E-state index is 0.247. The Hall–Kier alpha value is -2.34. The van der Waals surface area contributed by atoms with Crippen LogP contribution in [0.2, 0.25) is 0 Å². The van der Waals surface area contributed by atoms with Crippen LogP contribution in [0.25, 0.3) is 11.1 Å². The molecule has 2 aliphatic carbocycles. The lowest BCUT2D eigenvalue weighted by atomic mass is 9.89. The number of hydrogen-bond acceptors (Lipinski definition) is 4. The highest BCUT2D eigenvalue weighted by Gasteiger charge is 2.48. The smallest absolute Gasteiger partial charge is 0.408 e. The third-order valence-electron chi connectivity index (χ3n) is 5.84. The molecule has 1 unspecified atom stereocenters. The topological polar surface area (TPSA) is 64.4 Å². The molecule has 2 aliphatic rings. The van der Waals surface area contributed by atoms with E-state index >= 15 is 0 Å². The van der Waals surface area contributed by atoms with Gasteiger partial charge in [0, 0.05) is 4.47 Å². The van der Waals surface area contributed by atoms with E-state index in [4.69, 9.17) is 14.1 Å². The first kappa shape index (κ1) is 18.7. The fraction of sp³-hybridized carbons (Fsp3) is 0.391. The first-order valence-electron chi connectivity index (χ1n) is 10.2. The number of carbonyl (C=O) groups excluding carboxylic acids is 1. The molecule has 5 nitrogen and oxygen atoms in total. The van der Waals surface area contributed by atoms with Crippen LogP contribution in [0.3, 0.4) is 0 Å². The first-order chi connectivity index (χ1) is 14.2. The number of fused-ring (bicyclic) bond motifs is 1. The Bertz CT molecular complexity index is 999. The molecule has 2 fully saturated rings. The maximum Gasteiger partial charge on any atom is 0.408 e. The molecule has 6 heteroatoms. The van der Waals surface area contributed by atoms with Crippen molar-refractivity contribution in [1.29, 1.82) is 0 Å². The van der Waals surface area contributed by atoms with Crippen molar-refractivity contribution in [2.45, 2.75) is 38.3 Å². The first-order valence-corrected chi connectivity index (χ1v) is 11.0. The van der Waals surface area contributed by atoms with Gasteiger partial charge in [0.15, 0.2) is 5.58 Å². The van der Waals surface area contributed by atoms with Crippen molar-refractivity contribution in [3.05, 3.63) is 64.5 Å². The van der Waals surface area contributed by atoms with E-state index in [1.807, 2.05) is 48.5 Å². The summed E-state index contributed by atoms with van der Waals surface area (Å²) < 4.78 is 12.5. The number of hydrogen-bond donors (Lipinski definition) is 1. The van der Waals surface area contributed by atoms with Gasteiger partial charge in [-0.25, -0.2) is 9.78 Å². The molecule has 150 valence electrons. The van der Waals surface area contributed by atoms with Gasteiger partial charge in [-0.15, -0.1) is 0 Å². The molecular formula is C23H23BrN2O3. The molecule has 1 atom stereocenters. The summed E-state index contributed by atoms with van der Waals surface area (Å²) in [4.78, 5) is 17.4. The Morgan fingerprint density at radius 1 is 1.14 bits per heavy atom. The Morgan fingerprint density at radius 3 is 2.55 bits per heavy atom. The zero-order valence-corrected chi connectivity index (χ0v) is 17.6. The highest BCUT2D eigenvalue weighted by Crippen LogP contribution is 2.54. The molecule has 29 heavy (non-hydrogen) atoms. The van der Waals surface area contributed by atoms with Crippen molar-refractivity contribution < 1.29 is 13.9 Å². The van der Waals surface area contributed by atoms with Gasteiger partial charge in [0.25, 0.3) is 0 Å². The monoisotopic (exact) mass is 454 g/mol. The molecule has 3 aromatic rings. The molecule has 1 aromatic heterocycles. The Labute approximate surface area is 178 Å². The quantitative estimate of drug-likeness (QED) is 0.475. The van der Waals surface area contributed by atoms with E-state index < -0.39 is 6.09 Å². The predicted molar refractivity (Wildman–Crippen MR) is 113 cm³/mol. The maximum atomic E-state index is 12.6. The number of oxazole rings is 1. The van der Waals surface area contributed by atoms with E-state index in [1.54, 1.807) is 0 Å². The minimum atomic E-state index is -0.423. The summed E-state index contributed by atoms with van der Waals surface area (Å²) >= 11 is 3.49. The van der Waals surface area contributed by atoms with Crippen molar-refractivity contribution in [3.63, 3.8) is 0 Å². The van der Waals surface area contributed by atoms with Crippen molar-refractivity contribution in [2.24, 2.45) is 17.8 Å². The van der Waals surface area contributed by atoms with Crippen LogP contribution < -0.4 is 5.32 Å². The average molecular weight is 455 g/mol. The molecular weight excluding hydrogens is 432 g/mol. The Morgan fingerprint density at radius 2 is 1.86 bits per heavy atom. The number of nitrogens with one attached hydrogen (secondary N) is 1. The summed E-state index contributed by atoms with van der Waals surface area (Å²) in [5, 5.41) is 3.09. The Balaban J connectivity index is 1.38. The van der Waals surface area contributed by atoms with Gasteiger partial charge in [0.05, 0.1) is 0 Å². The zero-order valence-electron chi connectivity index (χ0n) is 16.0. The van der Waals surface area contributed by atoms with Gasteiger partial charge in [-0.2, -0.15) is 0 Å². The molecule has 0 radical (unpaired) electrons. The second-order valence-electron chi connectivity index (χ2n) is 8.10. The standard InChI is InChI=1S/C23H23BrN2O3/c24-17-10-11-19-18(12-17)25-22(29-19)21(20(15-6-7-15)16-8-9-16)26-23(27)28-13-14-4-2-1-3-5-14/h1-5,10-12,15-16,20-21H,6-9,13H2,(H,26,27). The predicted octanol–water partition coefficient (Wildman–Crippen LogP) is 5.99. The van der Waals surface area contributed by atoms with Gasteiger partial charge in [0.2, 0.25) is 5.89 Å². The maximum absolute atomic E-state index is 12.6. The summed E-state index contributed by atoms with van der Waals surface area (Å²) in [5.74, 6) is 2.20. The summed E-state index contributed by atoms with van der Waals surface area (Å²) in [6.45, 7) is 0.247. The third-order valence-corrected chi connectivity index (χ3v) is 6.33. The zero-order chi connectivity index (χ0) is 19.8. The van der Waals surface area contributed by atoms with Crippen molar-refractivity contribution in [3.8, 4) is 0 Å². The highest BCUT2D eigenvalue weighted by molar-refractivity contribution is 9.10. The van der Waals surface area contributed by atoms with E-state index in [9.17, 15) is 4.79 Å². The van der Waals surface area contributed by atoms with Gasteiger partial charge >= 0.3 is 6.09 Å². The van der Waals surface area contributed by atoms with Gasteiger partial charge in [0.1, 0.15) is 18.2 Å². The molecule has 0 spiro atoms. The van der Waals surface area contributed by atoms with E-state index in [0.29, 0.717) is 23.6 Å². The molecule has 2 saturated carbocycles. The van der Waals surface area contributed by atoms with E-state index in [0.717, 1.165) is 21.1 Å². The lowest BCUT2D eigenvalue weighted by Crippen LogP contribution is -2.36. The SMILES string of the molecule is O=C(NC(c1nc2cc(Br)ccc2o1)C(C1CC1)C1CC1)OCc1ccccc1. The minimum Gasteiger partial charge on any atom is -0.445 e. The van der Waals surface area contributed by atoms with Crippen LogP contribution in [0, 0.1) is 17.8 Å². The third kappa shape index (κ3) is 4.32. The molecule has 0 aliphatic heterocycles. The number of amides is 1. The highest BCUT2D eigenvalue weighted by atomic mass is 79.9. The van der Waals surface area contributed by atoms with Gasteiger partial charge < -0.3 is 14.5 Å². The lowest BCUT2D eigenvalue weighted by Gasteiger charge is -2.25. The fourth-order valence-electron chi connectivity index (χ4n) is 4.16. The summed E-state index contributed by atoms with van der Waals surface area (Å²) in [6.07, 6.45) is 4.43. The van der Waals surface area contributed by atoms with Gasteiger partial charge in [-0.3, -0.25) is 0 Å². The summed E-state index contributed by atoms with van der Waals surface area (Å²) in [7, 11) is 0. The Kier molecular flexibility index (Phi) is 5.04. The van der Waals surface area contributed by atoms with Gasteiger partial charge in [-0.05, 0) is 67.2 Å². The van der Waals surface area contributed by atoms with Crippen molar-refractivity contribution in [2.75, 3.05) is 0 Å². The van der Waals surface area contributed by atoms with Crippen LogP contribution in [-0.2, 0) is 11.3 Å². The largest absolute Gasteiger partial charge is 0.445 e. The van der Waals surface area contributed by atoms with E-state index in [1.165, 1.54) is 25.7 Å². The second kappa shape index (κ2) is 7.82. The molecule has 0 bridgehead atoms. The van der Waals surface area contributed by atoms with Crippen molar-refractivity contribution >= 4 is 33.1 Å². The van der Waals surface area contributed by atoms with Crippen LogP contribution in [0.15, 0.2) is 57.4 Å². The molecule has 5 rings (SSSR count). The van der Waals surface area contributed by atoms with E-state index in [-0.39, 0.29) is 12.6 Å². The normalized spacial score (nSPS) is 17.4. The van der Waals surface area contributed by atoms with Crippen molar-refractivity contribution in [1.82, 2.24) is 10.3 Å². The summed E-state index contributed by atoms with van der Waals surface area (Å²) in [6, 6.07) is 15.2. The van der Waals surface area contributed by atoms with Crippen LogP contribution in [-0.4, -0.2) is 11.1 Å². The second-order valence-corrected chi connectivity index (χ2v) is 9.02. The number of nitrogens with zero attached hydrogens (tertiary/aromatic N) is 1. The van der Waals surface area contributed by atoms with Crippen LogP contribution in [0.5, 0.6) is 0 Å². The number of alkyl carbamates (subject to hydrolysis) is 1. The number of rotatable bonds is 7. The van der Waals surface area contributed by atoms with Crippen LogP contribution in [0.1, 0.15) is 43.2 Å². The molecule has 2 aromatic carbocycles. The molecule has 1 heterocycles. The number of carbonyl (C=O) groups is 1. The fourth-order valence-corrected chi connectivity index (χ4v) is 4.51. The number of halogens is 1. The number of ether oxygens (including phenoxy) is 1. The van der Waals surface area contributed by atoms with Crippen LogP contribution >= 0.6 is 15.9 Å². The lowest BCUT2D eigenvalue weighted by molar-refractivity contribution is 0.125. The van der Waals surface area contributed by atoms with Gasteiger partial charge in [-0.1, -0.05) is 46.3 Å². The summed E-state index contributed by atoms with van der Waals surface area (Å²) in [5.41, 5.74) is 2.49. The number of aromatic nitrogens is 1.